The quantitative estimate of drug-likeness (QED) is 0.604. The molecule has 0 unspecified atom stereocenters. The van der Waals surface area contributed by atoms with Gasteiger partial charge < -0.3 is 14.4 Å². The molecule has 1 aromatic rings. The number of benzene rings is 1. The van der Waals surface area contributed by atoms with Gasteiger partial charge in [0.25, 0.3) is 0 Å². The van der Waals surface area contributed by atoms with Crippen LogP contribution in [-0.4, -0.2) is 31.7 Å². The van der Waals surface area contributed by atoms with Crippen molar-refractivity contribution in [2.24, 2.45) is 0 Å². The molecule has 0 atom stereocenters. The van der Waals surface area contributed by atoms with Crippen LogP contribution >= 0.6 is 0 Å². The van der Waals surface area contributed by atoms with Crippen molar-refractivity contribution >= 4 is 12.0 Å². The fraction of sp³-hybridized carbons (Fsp3) is 0.214. The van der Waals surface area contributed by atoms with E-state index in [9.17, 15) is 4.79 Å². The highest BCUT2D eigenvalue weighted by atomic mass is 16.7. The number of rotatable bonds is 3. The number of carbonyl (C=O) groups excluding carboxylic acids is 1. The molecule has 4 nitrogen and oxygen atoms in total. The van der Waals surface area contributed by atoms with Gasteiger partial charge in [-0.15, -0.1) is 0 Å². The standard InChI is InChI=1S/C14H15NO3/c1-15(2)14(16)6-4-3-5-11-7-8-12-13(9-11)18-10-17-12/h3-9H,10H2,1-2H3/b5-3+,6-4+. The Bertz CT molecular complexity index is 504. The van der Waals surface area contributed by atoms with Crippen LogP contribution in [0.3, 0.4) is 0 Å². The molecule has 4 heteroatoms. The molecule has 1 heterocycles. The molecule has 0 bridgehead atoms. The third-order valence-electron chi connectivity index (χ3n) is 2.48. The summed E-state index contributed by atoms with van der Waals surface area (Å²) in [7, 11) is 3.43. The molecule has 18 heavy (non-hydrogen) atoms. The maximum Gasteiger partial charge on any atom is 0.246 e. The fourth-order valence-electron chi connectivity index (χ4n) is 1.47. The normalized spacial score (nSPS) is 13.4. The highest BCUT2D eigenvalue weighted by Gasteiger charge is 2.11. The second-order valence-electron chi connectivity index (χ2n) is 4.06. The Kier molecular flexibility index (Phi) is 3.67. The van der Waals surface area contributed by atoms with E-state index < -0.39 is 0 Å². The molecule has 1 aromatic carbocycles. The van der Waals surface area contributed by atoms with Gasteiger partial charge in [0, 0.05) is 20.2 Å². The first-order valence-corrected chi connectivity index (χ1v) is 5.62. The van der Waals surface area contributed by atoms with Gasteiger partial charge in [-0.1, -0.05) is 24.3 Å². The fourth-order valence-corrected chi connectivity index (χ4v) is 1.47. The molecule has 0 spiro atoms. The van der Waals surface area contributed by atoms with Crippen molar-refractivity contribution in [3.05, 3.63) is 42.0 Å². The molecule has 0 aromatic heterocycles. The van der Waals surface area contributed by atoms with Gasteiger partial charge in [-0.05, 0) is 17.7 Å². The molecule has 2 rings (SSSR count). The Labute approximate surface area is 106 Å². The van der Waals surface area contributed by atoms with Gasteiger partial charge >= 0.3 is 0 Å². The maximum absolute atomic E-state index is 11.3. The van der Waals surface area contributed by atoms with E-state index in [1.807, 2.05) is 30.4 Å². The van der Waals surface area contributed by atoms with Gasteiger partial charge in [0.2, 0.25) is 12.7 Å². The van der Waals surface area contributed by atoms with Gasteiger partial charge in [0.15, 0.2) is 11.5 Å². The summed E-state index contributed by atoms with van der Waals surface area (Å²) < 4.78 is 10.5. The first-order chi connectivity index (χ1) is 8.66. The summed E-state index contributed by atoms with van der Waals surface area (Å²) in [5.41, 5.74) is 1.00. The van der Waals surface area contributed by atoms with Crippen LogP contribution in [0.25, 0.3) is 6.08 Å². The first-order valence-electron chi connectivity index (χ1n) is 5.62. The van der Waals surface area contributed by atoms with Crippen LogP contribution in [0.2, 0.25) is 0 Å². The Hall–Kier alpha value is -2.23. The number of fused-ring (bicyclic) bond motifs is 1. The summed E-state index contributed by atoms with van der Waals surface area (Å²) >= 11 is 0. The van der Waals surface area contributed by atoms with Gasteiger partial charge in [-0.2, -0.15) is 0 Å². The monoisotopic (exact) mass is 245 g/mol. The van der Waals surface area contributed by atoms with E-state index in [0.29, 0.717) is 0 Å². The van der Waals surface area contributed by atoms with E-state index >= 15 is 0 Å². The number of likely N-dealkylation sites (N-methyl/N-ethyl adjacent to an activating group) is 1. The SMILES string of the molecule is CN(C)C(=O)/C=C/C=C/c1ccc2c(c1)OCO2. The number of amides is 1. The zero-order valence-electron chi connectivity index (χ0n) is 10.4. The Morgan fingerprint density at radius 1 is 1.22 bits per heavy atom. The molecular formula is C14H15NO3. The number of carbonyl (C=O) groups is 1. The zero-order valence-corrected chi connectivity index (χ0v) is 10.4. The number of allylic oxidation sites excluding steroid dienone is 2. The summed E-state index contributed by atoms with van der Waals surface area (Å²) in [6.07, 6.45) is 6.96. The van der Waals surface area contributed by atoms with Crippen molar-refractivity contribution in [2.75, 3.05) is 20.9 Å². The number of ether oxygens (including phenoxy) is 2. The van der Waals surface area contributed by atoms with E-state index in [-0.39, 0.29) is 12.7 Å². The van der Waals surface area contributed by atoms with Crippen molar-refractivity contribution in [3.8, 4) is 11.5 Å². The Balaban J connectivity index is 1.99. The largest absolute Gasteiger partial charge is 0.454 e. The molecule has 0 aliphatic carbocycles. The summed E-state index contributed by atoms with van der Waals surface area (Å²) in [5.74, 6) is 1.49. The first kappa shape index (κ1) is 12.2. The zero-order chi connectivity index (χ0) is 13.0. The van der Waals surface area contributed by atoms with Crippen molar-refractivity contribution in [2.45, 2.75) is 0 Å². The van der Waals surface area contributed by atoms with Gasteiger partial charge in [0.1, 0.15) is 0 Å². The molecule has 0 radical (unpaired) electrons. The molecule has 1 amide bonds. The van der Waals surface area contributed by atoms with E-state index in [1.165, 1.54) is 11.0 Å². The summed E-state index contributed by atoms with van der Waals surface area (Å²) in [4.78, 5) is 12.8. The van der Waals surface area contributed by atoms with Crippen molar-refractivity contribution in [1.29, 1.82) is 0 Å². The van der Waals surface area contributed by atoms with Crippen LogP contribution in [0, 0.1) is 0 Å². The summed E-state index contributed by atoms with van der Waals surface area (Å²) in [6, 6.07) is 5.71. The minimum absolute atomic E-state index is 0.0367. The second kappa shape index (κ2) is 5.40. The van der Waals surface area contributed by atoms with Crippen molar-refractivity contribution in [3.63, 3.8) is 0 Å². The third-order valence-corrected chi connectivity index (χ3v) is 2.48. The smallest absolute Gasteiger partial charge is 0.246 e. The van der Waals surface area contributed by atoms with E-state index in [2.05, 4.69) is 0 Å². The highest BCUT2D eigenvalue weighted by Crippen LogP contribution is 2.32. The lowest BCUT2D eigenvalue weighted by molar-refractivity contribution is -0.123. The lowest BCUT2D eigenvalue weighted by atomic mass is 10.2. The number of hydrogen-bond acceptors (Lipinski definition) is 3. The summed E-state index contributed by atoms with van der Waals surface area (Å²) in [6.45, 7) is 0.278. The minimum Gasteiger partial charge on any atom is -0.454 e. The lowest BCUT2D eigenvalue weighted by Gasteiger charge is -2.04. The molecular weight excluding hydrogens is 230 g/mol. The van der Waals surface area contributed by atoms with Crippen LogP contribution in [0.1, 0.15) is 5.56 Å². The predicted molar refractivity (Wildman–Crippen MR) is 69.4 cm³/mol. The van der Waals surface area contributed by atoms with Gasteiger partial charge in [0.05, 0.1) is 0 Å². The van der Waals surface area contributed by atoms with Gasteiger partial charge in [-0.3, -0.25) is 4.79 Å². The Morgan fingerprint density at radius 3 is 2.78 bits per heavy atom. The minimum atomic E-state index is -0.0367. The van der Waals surface area contributed by atoms with E-state index in [1.54, 1.807) is 20.2 Å². The third kappa shape index (κ3) is 2.91. The molecule has 0 saturated carbocycles. The van der Waals surface area contributed by atoms with Crippen LogP contribution < -0.4 is 9.47 Å². The summed E-state index contributed by atoms with van der Waals surface area (Å²) in [5, 5.41) is 0. The maximum atomic E-state index is 11.3. The van der Waals surface area contributed by atoms with Gasteiger partial charge in [-0.25, -0.2) is 0 Å². The second-order valence-corrected chi connectivity index (χ2v) is 4.06. The van der Waals surface area contributed by atoms with Crippen LogP contribution in [-0.2, 0) is 4.79 Å². The van der Waals surface area contributed by atoms with Crippen LogP contribution in [0.5, 0.6) is 11.5 Å². The lowest BCUT2D eigenvalue weighted by Crippen LogP contribution is -2.18. The molecule has 0 N–H and O–H groups in total. The molecule has 94 valence electrons. The van der Waals surface area contributed by atoms with Crippen LogP contribution in [0.4, 0.5) is 0 Å². The Morgan fingerprint density at radius 2 is 2.00 bits per heavy atom. The molecule has 1 aliphatic rings. The van der Waals surface area contributed by atoms with Crippen molar-refractivity contribution < 1.29 is 14.3 Å². The van der Waals surface area contributed by atoms with Crippen LogP contribution in [0.15, 0.2) is 36.4 Å². The molecule has 0 fully saturated rings. The number of hydrogen-bond donors (Lipinski definition) is 0. The molecule has 0 saturated heterocycles. The topological polar surface area (TPSA) is 38.8 Å². The van der Waals surface area contributed by atoms with Crippen molar-refractivity contribution in [1.82, 2.24) is 4.90 Å². The average Bonchev–Trinajstić information content (AvgIpc) is 2.81. The highest BCUT2D eigenvalue weighted by molar-refractivity contribution is 5.87. The van der Waals surface area contributed by atoms with E-state index in [0.717, 1.165) is 17.1 Å². The molecule has 1 aliphatic heterocycles. The number of nitrogens with zero attached hydrogens (tertiary/aromatic N) is 1. The average molecular weight is 245 g/mol. The van der Waals surface area contributed by atoms with E-state index in [4.69, 9.17) is 9.47 Å². The predicted octanol–water partition coefficient (Wildman–Crippen LogP) is 2.07.